The van der Waals surface area contributed by atoms with Gasteiger partial charge < -0.3 is 10.0 Å². The van der Waals surface area contributed by atoms with E-state index in [0.717, 1.165) is 23.1 Å². The van der Waals surface area contributed by atoms with E-state index in [4.69, 9.17) is 10.4 Å². The highest BCUT2D eigenvalue weighted by atomic mass is 79.9. The number of carbonyl (C=O) groups is 1. The van der Waals surface area contributed by atoms with Gasteiger partial charge in [-0.1, -0.05) is 15.9 Å². The zero-order valence-corrected chi connectivity index (χ0v) is 11.4. The van der Waals surface area contributed by atoms with E-state index in [9.17, 15) is 4.79 Å². The molecule has 1 N–H and O–H groups in total. The maximum absolute atomic E-state index is 11.1. The number of hydrogen-bond acceptors (Lipinski definition) is 3. The molecule has 1 aliphatic rings. The van der Waals surface area contributed by atoms with Crippen molar-refractivity contribution in [1.82, 2.24) is 0 Å². The number of hydrogen-bond donors (Lipinski definition) is 1. The SMILES string of the molecule is N#Cc1ccc(Br)cc1N1CCC[C@@H](C(=O)O)C1. The molecule has 1 saturated heterocycles. The largest absolute Gasteiger partial charge is 0.481 e. The summed E-state index contributed by atoms with van der Waals surface area (Å²) in [7, 11) is 0. The van der Waals surface area contributed by atoms with Crippen molar-refractivity contribution >= 4 is 27.6 Å². The van der Waals surface area contributed by atoms with Crippen LogP contribution in [0.1, 0.15) is 18.4 Å². The molecule has 1 aromatic carbocycles. The first-order valence-corrected chi connectivity index (χ1v) is 6.58. The number of nitrogens with zero attached hydrogens (tertiary/aromatic N) is 2. The Hall–Kier alpha value is -1.54. The molecule has 0 radical (unpaired) electrons. The van der Waals surface area contributed by atoms with Crippen LogP contribution in [0.25, 0.3) is 0 Å². The summed E-state index contributed by atoms with van der Waals surface area (Å²) < 4.78 is 0.897. The fourth-order valence-corrected chi connectivity index (χ4v) is 2.61. The predicted octanol–water partition coefficient (Wildman–Crippen LogP) is 2.62. The number of nitriles is 1. The maximum atomic E-state index is 11.1. The van der Waals surface area contributed by atoms with Gasteiger partial charge in [0, 0.05) is 17.6 Å². The van der Waals surface area contributed by atoms with Gasteiger partial charge in [0.25, 0.3) is 0 Å². The van der Waals surface area contributed by atoms with Gasteiger partial charge in [-0.2, -0.15) is 5.26 Å². The van der Waals surface area contributed by atoms with Gasteiger partial charge in [-0.05, 0) is 31.0 Å². The number of halogens is 1. The highest BCUT2D eigenvalue weighted by Crippen LogP contribution is 2.29. The molecular weight excluding hydrogens is 296 g/mol. The third-order valence-corrected chi connectivity index (χ3v) is 3.68. The second-order valence-electron chi connectivity index (χ2n) is 4.40. The summed E-state index contributed by atoms with van der Waals surface area (Å²) in [5.41, 5.74) is 1.40. The minimum atomic E-state index is -0.756. The first-order chi connectivity index (χ1) is 8.61. The number of carboxylic acid groups (broad SMARTS) is 1. The fraction of sp³-hybridized carbons (Fsp3) is 0.385. The Morgan fingerprint density at radius 2 is 2.33 bits per heavy atom. The molecule has 0 saturated carbocycles. The van der Waals surface area contributed by atoms with Crippen LogP contribution in [-0.4, -0.2) is 24.2 Å². The lowest BCUT2D eigenvalue weighted by atomic mass is 9.97. The average molecular weight is 309 g/mol. The van der Waals surface area contributed by atoms with E-state index in [1.165, 1.54) is 0 Å². The molecule has 18 heavy (non-hydrogen) atoms. The number of rotatable bonds is 2. The van der Waals surface area contributed by atoms with E-state index in [1.54, 1.807) is 6.07 Å². The van der Waals surface area contributed by atoms with E-state index in [-0.39, 0.29) is 5.92 Å². The molecule has 94 valence electrons. The zero-order valence-electron chi connectivity index (χ0n) is 9.77. The summed E-state index contributed by atoms with van der Waals surface area (Å²) in [6.07, 6.45) is 1.55. The molecule has 4 nitrogen and oxygen atoms in total. The van der Waals surface area contributed by atoms with Gasteiger partial charge in [0.2, 0.25) is 0 Å². The van der Waals surface area contributed by atoms with Crippen LogP contribution in [0.2, 0.25) is 0 Å². The monoisotopic (exact) mass is 308 g/mol. The van der Waals surface area contributed by atoms with Crippen molar-refractivity contribution in [3.8, 4) is 6.07 Å². The van der Waals surface area contributed by atoms with E-state index in [2.05, 4.69) is 22.0 Å². The van der Waals surface area contributed by atoms with Crippen molar-refractivity contribution in [1.29, 1.82) is 5.26 Å². The summed E-state index contributed by atoms with van der Waals surface area (Å²) in [5, 5.41) is 18.2. The van der Waals surface area contributed by atoms with Gasteiger partial charge in [-0.25, -0.2) is 0 Å². The van der Waals surface area contributed by atoms with Gasteiger partial charge in [-0.15, -0.1) is 0 Å². The van der Waals surface area contributed by atoms with Crippen LogP contribution in [-0.2, 0) is 4.79 Å². The van der Waals surface area contributed by atoms with Crippen LogP contribution in [0.15, 0.2) is 22.7 Å². The van der Waals surface area contributed by atoms with Gasteiger partial charge in [0.05, 0.1) is 17.2 Å². The number of aliphatic carboxylic acids is 1. The first kappa shape index (κ1) is 12.9. The molecule has 1 aliphatic heterocycles. The molecule has 2 rings (SSSR count). The Kier molecular flexibility index (Phi) is 3.87. The number of benzene rings is 1. The lowest BCUT2D eigenvalue weighted by Crippen LogP contribution is -2.39. The Labute approximate surface area is 114 Å². The predicted molar refractivity (Wildman–Crippen MR) is 71.4 cm³/mol. The van der Waals surface area contributed by atoms with E-state index < -0.39 is 5.97 Å². The fourth-order valence-electron chi connectivity index (χ4n) is 2.26. The molecule has 1 heterocycles. The molecule has 5 heteroatoms. The van der Waals surface area contributed by atoms with E-state index in [0.29, 0.717) is 18.5 Å². The van der Waals surface area contributed by atoms with Crippen LogP contribution in [0, 0.1) is 17.2 Å². The Morgan fingerprint density at radius 3 is 3.00 bits per heavy atom. The Morgan fingerprint density at radius 1 is 1.56 bits per heavy atom. The summed E-state index contributed by atoms with van der Waals surface area (Å²) in [6.45, 7) is 1.27. The van der Waals surface area contributed by atoms with Crippen molar-refractivity contribution in [2.24, 2.45) is 5.92 Å². The van der Waals surface area contributed by atoms with Crippen LogP contribution < -0.4 is 4.90 Å². The normalized spacial score (nSPS) is 19.3. The van der Waals surface area contributed by atoms with Crippen molar-refractivity contribution < 1.29 is 9.90 Å². The first-order valence-electron chi connectivity index (χ1n) is 5.79. The van der Waals surface area contributed by atoms with Gasteiger partial charge in [0.15, 0.2) is 0 Å². The number of carboxylic acids is 1. The summed E-state index contributed by atoms with van der Waals surface area (Å²) in [6, 6.07) is 7.61. The number of anilines is 1. The standard InChI is InChI=1S/C13H13BrN2O2/c14-11-4-3-9(7-15)12(6-11)16-5-1-2-10(8-16)13(17)18/h3-4,6,10H,1-2,5,8H2,(H,17,18)/t10-/m1/s1. The van der Waals surface area contributed by atoms with Gasteiger partial charge >= 0.3 is 5.97 Å². The Bertz CT molecular complexity index is 510. The van der Waals surface area contributed by atoms with Gasteiger partial charge in [-0.3, -0.25) is 4.79 Å². The molecule has 0 amide bonds. The van der Waals surface area contributed by atoms with Crippen molar-refractivity contribution in [3.63, 3.8) is 0 Å². The summed E-state index contributed by atoms with van der Waals surface area (Å²) >= 11 is 3.38. The molecule has 1 aromatic rings. The van der Waals surface area contributed by atoms with Crippen molar-refractivity contribution in [2.45, 2.75) is 12.8 Å². The van der Waals surface area contributed by atoms with Crippen LogP contribution in [0.5, 0.6) is 0 Å². The zero-order chi connectivity index (χ0) is 13.1. The Balaban J connectivity index is 2.28. The molecule has 0 unspecified atom stereocenters. The smallest absolute Gasteiger partial charge is 0.308 e. The molecule has 0 spiro atoms. The number of piperidine rings is 1. The quantitative estimate of drug-likeness (QED) is 0.912. The van der Waals surface area contributed by atoms with Crippen LogP contribution >= 0.6 is 15.9 Å². The second-order valence-corrected chi connectivity index (χ2v) is 5.31. The third-order valence-electron chi connectivity index (χ3n) is 3.19. The third kappa shape index (κ3) is 2.65. The summed E-state index contributed by atoms with van der Waals surface area (Å²) in [5.74, 6) is -1.10. The minimum absolute atomic E-state index is 0.343. The van der Waals surface area contributed by atoms with Crippen molar-refractivity contribution in [3.05, 3.63) is 28.2 Å². The van der Waals surface area contributed by atoms with Gasteiger partial charge in [0.1, 0.15) is 6.07 Å². The maximum Gasteiger partial charge on any atom is 0.308 e. The highest BCUT2D eigenvalue weighted by molar-refractivity contribution is 9.10. The van der Waals surface area contributed by atoms with Crippen molar-refractivity contribution in [2.75, 3.05) is 18.0 Å². The summed E-state index contributed by atoms with van der Waals surface area (Å²) in [4.78, 5) is 13.0. The van der Waals surface area contributed by atoms with Crippen LogP contribution in [0.4, 0.5) is 5.69 Å². The molecule has 1 atom stereocenters. The highest BCUT2D eigenvalue weighted by Gasteiger charge is 2.26. The van der Waals surface area contributed by atoms with E-state index in [1.807, 2.05) is 17.0 Å². The molecule has 0 bridgehead atoms. The molecule has 0 aliphatic carbocycles. The lowest BCUT2D eigenvalue weighted by Gasteiger charge is -2.33. The molecule has 0 aromatic heterocycles. The average Bonchev–Trinajstić information content (AvgIpc) is 2.39. The topological polar surface area (TPSA) is 64.3 Å². The lowest BCUT2D eigenvalue weighted by molar-refractivity contribution is -0.141. The minimum Gasteiger partial charge on any atom is -0.481 e. The second kappa shape index (κ2) is 5.40. The molecule has 1 fully saturated rings. The van der Waals surface area contributed by atoms with Crippen LogP contribution in [0.3, 0.4) is 0 Å². The van der Waals surface area contributed by atoms with E-state index >= 15 is 0 Å². The molecular formula is C13H13BrN2O2.